The van der Waals surface area contributed by atoms with Crippen LogP contribution in [0.3, 0.4) is 0 Å². The third-order valence-electron chi connectivity index (χ3n) is 9.90. The van der Waals surface area contributed by atoms with Gasteiger partial charge in [-0.2, -0.15) is 22.7 Å². The molecule has 0 radical (unpaired) electrons. The molecule has 4 heterocycles. The fourth-order valence-corrected chi connectivity index (χ4v) is 7.31. The van der Waals surface area contributed by atoms with E-state index in [0.717, 1.165) is 22.2 Å². The van der Waals surface area contributed by atoms with Crippen LogP contribution in [-0.2, 0) is 35.1 Å². The SMILES string of the molecule is CCc1c(N2CCN(C(=O)c3ncnc(C)c3O)CC2)c(=O)n2nc(-c3cc4c(cc3F)[C@H](OC)CC4)nc2n1CC(=O)Nc1ccc(C(F)(F)F)cc1Cl. The molecule has 3 aromatic heterocycles. The monoisotopic (exact) mass is 783 g/mol. The van der Waals surface area contributed by atoms with E-state index in [1.54, 1.807) is 31.9 Å². The Bertz CT molecular complexity index is 2410. The van der Waals surface area contributed by atoms with Crippen molar-refractivity contribution >= 4 is 40.6 Å². The summed E-state index contributed by atoms with van der Waals surface area (Å²) in [5.41, 5.74) is 0.564. The van der Waals surface area contributed by atoms with Crippen LogP contribution in [0.4, 0.5) is 28.9 Å². The van der Waals surface area contributed by atoms with E-state index in [1.807, 2.05) is 0 Å². The van der Waals surface area contributed by atoms with Crippen LogP contribution in [-0.4, -0.2) is 84.2 Å². The Kier molecular flexibility index (Phi) is 9.97. The van der Waals surface area contributed by atoms with Gasteiger partial charge in [0.15, 0.2) is 17.3 Å². The number of aryl methyl sites for hydroxylation is 2. The molecule has 1 aliphatic carbocycles. The van der Waals surface area contributed by atoms with Gasteiger partial charge < -0.3 is 29.5 Å². The van der Waals surface area contributed by atoms with Crippen molar-refractivity contribution in [2.24, 2.45) is 0 Å². The second-order valence-electron chi connectivity index (χ2n) is 13.2. The van der Waals surface area contributed by atoms with Crippen molar-refractivity contribution in [3.8, 4) is 17.1 Å². The number of anilines is 2. The number of alkyl halides is 3. The van der Waals surface area contributed by atoms with Crippen LogP contribution in [0.15, 0.2) is 41.5 Å². The van der Waals surface area contributed by atoms with Gasteiger partial charge in [0.25, 0.3) is 11.5 Å². The number of hydrogen-bond donors (Lipinski definition) is 2. The Balaban J connectivity index is 1.28. The smallest absolute Gasteiger partial charge is 0.416 e. The number of nitrogens with zero attached hydrogens (tertiary/aromatic N) is 8. The number of carbonyl (C=O) groups excluding carboxylic acids is 2. The molecule has 7 rings (SSSR count). The maximum Gasteiger partial charge on any atom is 0.416 e. The molecule has 5 aromatic rings. The van der Waals surface area contributed by atoms with E-state index in [9.17, 15) is 32.7 Å². The number of ether oxygens (including phenoxy) is 1. The number of benzene rings is 2. The van der Waals surface area contributed by atoms with Crippen molar-refractivity contribution in [1.82, 2.24) is 34.0 Å². The molecule has 288 valence electrons. The maximum atomic E-state index is 15.7. The van der Waals surface area contributed by atoms with Gasteiger partial charge in [0, 0.05) is 33.3 Å². The Hall–Kier alpha value is -5.62. The van der Waals surface area contributed by atoms with E-state index in [0.29, 0.717) is 30.2 Å². The van der Waals surface area contributed by atoms with Crippen LogP contribution < -0.4 is 15.8 Å². The summed E-state index contributed by atoms with van der Waals surface area (Å²) in [5.74, 6) is -2.36. The molecule has 0 bridgehead atoms. The minimum absolute atomic E-state index is 0.0427. The summed E-state index contributed by atoms with van der Waals surface area (Å²) in [4.78, 5) is 56.9. The van der Waals surface area contributed by atoms with Crippen LogP contribution in [0.25, 0.3) is 17.2 Å². The summed E-state index contributed by atoms with van der Waals surface area (Å²) in [6.07, 6.45) is -2.23. The highest BCUT2D eigenvalue weighted by molar-refractivity contribution is 6.33. The number of amides is 2. The van der Waals surface area contributed by atoms with Gasteiger partial charge in [-0.3, -0.25) is 14.4 Å². The zero-order chi connectivity index (χ0) is 39.3. The summed E-state index contributed by atoms with van der Waals surface area (Å²) in [6.45, 7) is 3.43. The Morgan fingerprint density at radius 2 is 1.85 bits per heavy atom. The normalized spacial score (nSPS) is 15.8. The first-order valence-corrected chi connectivity index (χ1v) is 17.7. The van der Waals surface area contributed by atoms with E-state index in [2.05, 4.69) is 25.4 Å². The first-order chi connectivity index (χ1) is 26.2. The van der Waals surface area contributed by atoms with E-state index >= 15 is 4.39 Å². The van der Waals surface area contributed by atoms with Crippen LogP contribution in [0.2, 0.25) is 5.02 Å². The molecule has 14 nitrogen and oxygen atoms in total. The third kappa shape index (κ3) is 6.95. The predicted octanol–water partition coefficient (Wildman–Crippen LogP) is 4.97. The number of aromatic hydroxyl groups is 1. The number of nitrogens with one attached hydrogen (secondary N) is 1. The molecule has 2 aliphatic rings. The molecule has 0 unspecified atom stereocenters. The molecule has 2 N–H and O–H groups in total. The minimum Gasteiger partial charge on any atom is -0.504 e. The fraction of sp³-hybridized carbons (Fsp3) is 0.361. The van der Waals surface area contributed by atoms with Gasteiger partial charge in [-0.1, -0.05) is 18.5 Å². The molecule has 0 spiro atoms. The zero-order valence-corrected chi connectivity index (χ0v) is 30.5. The Morgan fingerprint density at radius 3 is 2.53 bits per heavy atom. The minimum atomic E-state index is -4.65. The molecular formula is C36H34ClF4N9O5. The summed E-state index contributed by atoms with van der Waals surface area (Å²) in [6, 6.07) is 5.53. The second-order valence-corrected chi connectivity index (χ2v) is 13.6. The number of methoxy groups -OCH3 is 1. The summed E-state index contributed by atoms with van der Waals surface area (Å²) >= 11 is 6.13. The van der Waals surface area contributed by atoms with Gasteiger partial charge in [-0.25, -0.2) is 14.4 Å². The van der Waals surface area contributed by atoms with Gasteiger partial charge in [-0.15, -0.1) is 5.10 Å². The van der Waals surface area contributed by atoms with Gasteiger partial charge in [0.1, 0.15) is 24.4 Å². The van der Waals surface area contributed by atoms with E-state index < -0.39 is 41.5 Å². The van der Waals surface area contributed by atoms with Crippen LogP contribution in [0, 0.1) is 12.7 Å². The Morgan fingerprint density at radius 1 is 1.11 bits per heavy atom. The average molecular weight is 784 g/mol. The number of rotatable bonds is 8. The Labute approximate surface area is 315 Å². The average Bonchev–Trinajstić information content (AvgIpc) is 3.78. The highest BCUT2D eigenvalue weighted by Gasteiger charge is 2.33. The largest absolute Gasteiger partial charge is 0.504 e. The first-order valence-electron chi connectivity index (χ1n) is 17.3. The van der Waals surface area contributed by atoms with Crippen LogP contribution in [0.5, 0.6) is 5.75 Å². The highest BCUT2D eigenvalue weighted by atomic mass is 35.5. The highest BCUT2D eigenvalue weighted by Crippen LogP contribution is 2.38. The molecule has 1 atom stereocenters. The lowest BCUT2D eigenvalue weighted by Gasteiger charge is -2.36. The first kappa shape index (κ1) is 37.7. The second kappa shape index (κ2) is 14.6. The number of fused-ring (bicyclic) bond motifs is 2. The van der Waals surface area contributed by atoms with E-state index in [1.165, 1.54) is 21.9 Å². The van der Waals surface area contributed by atoms with Crippen molar-refractivity contribution in [3.05, 3.63) is 91.6 Å². The third-order valence-corrected chi connectivity index (χ3v) is 10.2. The lowest BCUT2D eigenvalue weighted by atomic mass is 10.0. The van der Waals surface area contributed by atoms with Crippen molar-refractivity contribution < 1.29 is 37.0 Å². The lowest BCUT2D eigenvalue weighted by Crippen LogP contribution is -2.51. The van der Waals surface area contributed by atoms with E-state index in [-0.39, 0.29) is 89.4 Å². The van der Waals surface area contributed by atoms with Gasteiger partial charge in [0.05, 0.1) is 39.3 Å². The molecule has 0 saturated carbocycles. The van der Waals surface area contributed by atoms with E-state index in [4.69, 9.17) is 16.3 Å². The quantitative estimate of drug-likeness (QED) is 0.206. The van der Waals surface area contributed by atoms with Crippen LogP contribution >= 0.6 is 11.6 Å². The van der Waals surface area contributed by atoms with Crippen LogP contribution in [0.1, 0.15) is 58.0 Å². The topological polar surface area (TPSA) is 160 Å². The van der Waals surface area contributed by atoms with Crippen molar-refractivity contribution in [1.29, 1.82) is 0 Å². The summed E-state index contributed by atoms with van der Waals surface area (Å²) in [5, 5.41) is 17.1. The summed E-state index contributed by atoms with van der Waals surface area (Å²) < 4.78 is 63.4. The number of piperazine rings is 1. The van der Waals surface area contributed by atoms with Crippen molar-refractivity contribution in [3.63, 3.8) is 0 Å². The fourth-order valence-electron chi connectivity index (χ4n) is 7.08. The van der Waals surface area contributed by atoms with Gasteiger partial charge >= 0.3 is 6.18 Å². The zero-order valence-electron chi connectivity index (χ0n) is 29.7. The van der Waals surface area contributed by atoms with Gasteiger partial charge in [0.2, 0.25) is 11.7 Å². The molecule has 1 fully saturated rings. The molecule has 2 aromatic carbocycles. The lowest BCUT2D eigenvalue weighted by molar-refractivity contribution is -0.137. The number of carbonyl (C=O) groups is 2. The van der Waals surface area contributed by atoms with Gasteiger partial charge in [-0.05, 0) is 67.6 Å². The number of halogens is 5. The van der Waals surface area contributed by atoms with Crippen molar-refractivity contribution in [2.45, 2.75) is 51.9 Å². The molecule has 1 saturated heterocycles. The molecule has 1 aliphatic heterocycles. The summed E-state index contributed by atoms with van der Waals surface area (Å²) in [7, 11) is 1.55. The van der Waals surface area contributed by atoms with Crippen molar-refractivity contribution in [2.75, 3.05) is 43.5 Å². The standard InChI is InChI=1S/C36H34ClF4N9O5/c1-4-26-30(47-9-11-48(12-10-47)33(53)29-31(52)18(2)42-17-43-29)34(54)50-35(45-32(46-50)22-13-19-5-8-27(55-3)21(19)15-24(22)38)49(26)16-28(51)44-25-7-6-20(14-23(25)37)36(39,40)41/h6-7,13-15,17,27,52H,4-5,8-12,16H2,1-3H3,(H,44,51)/t27-/m1/s1. The molecular weight excluding hydrogens is 750 g/mol. The number of aromatic nitrogens is 6. The maximum absolute atomic E-state index is 15.7. The number of hydrogen-bond acceptors (Lipinski definition) is 10. The molecule has 55 heavy (non-hydrogen) atoms. The predicted molar refractivity (Wildman–Crippen MR) is 192 cm³/mol. The molecule has 2 amide bonds. The molecule has 19 heteroatoms.